The van der Waals surface area contributed by atoms with E-state index in [0.717, 1.165) is 12.1 Å². The minimum Gasteiger partial charge on any atom is -0.314 e. The molecule has 0 saturated heterocycles. The Bertz CT molecular complexity index is 545. The summed E-state index contributed by atoms with van der Waals surface area (Å²) in [5.74, 6) is -1.73. The molecule has 1 saturated carbocycles. The van der Waals surface area contributed by atoms with Gasteiger partial charge in [0.15, 0.2) is 0 Å². The van der Waals surface area contributed by atoms with Gasteiger partial charge in [-0.25, -0.2) is 21.9 Å². The van der Waals surface area contributed by atoms with Crippen molar-refractivity contribution in [2.75, 3.05) is 13.1 Å². The first-order valence-electron chi connectivity index (χ1n) is 6.17. The van der Waals surface area contributed by atoms with Crippen molar-refractivity contribution >= 4 is 10.0 Å². The maximum Gasteiger partial charge on any atom is 0.243 e. The highest BCUT2D eigenvalue weighted by molar-refractivity contribution is 7.89. The van der Waals surface area contributed by atoms with Gasteiger partial charge in [0.05, 0.1) is 0 Å². The average Bonchev–Trinajstić information content (AvgIpc) is 3.15. The molecule has 0 heterocycles. The summed E-state index contributed by atoms with van der Waals surface area (Å²) in [5, 5.41) is 3.23. The SMILES string of the molecule is O=S(=O)(NCCCNC1CC1)c1cc(F)ccc1F. The first-order valence-corrected chi connectivity index (χ1v) is 7.65. The number of benzene rings is 1. The van der Waals surface area contributed by atoms with Crippen LogP contribution in [0.4, 0.5) is 8.78 Å². The number of rotatable bonds is 7. The van der Waals surface area contributed by atoms with E-state index >= 15 is 0 Å². The largest absolute Gasteiger partial charge is 0.314 e. The van der Waals surface area contributed by atoms with E-state index in [9.17, 15) is 17.2 Å². The third kappa shape index (κ3) is 4.22. The van der Waals surface area contributed by atoms with Crippen molar-refractivity contribution in [1.82, 2.24) is 10.0 Å². The van der Waals surface area contributed by atoms with Gasteiger partial charge in [0.25, 0.3) is 0 Å². The van der Waals surface area contributed by atoms with Gasteiger partial charge in [0.2, 0.25) is 10.0 Å². The lowest BCUT2D eigenvalue weighted by atomic mass is 10.3. The van der Waals surface area contributed by atoms with Gasteiger partial charge in [-0.15, -0.1) is 0 Å². The number of hydrogen-bond acceptors (Lipinski definition) is 3. The third-order valence-electron chi connectivity index (χ3n) is 2.84. The molecule has 0 spiro atoms. The van der Waals surface area contributed by atoms with Crippen molar-refractivity contribution in [3.8, 4) is 0 Å². The topological polar surface area (TPSA) is 58.2 Å². The van der Waals surface area contributed by atoms with Crippen molar-refractivity contribution in [1.29, 1.82) is 0 Å². The number of halogens is 2. The second-order valence-corrected chi connectivity index (χ2v) is 6.29. The Morgan fingerprint density at radius 3 is 2.63 bits per heavy atom. The Balaban J connectivity index is 1.87. The Morgan fingerprint density at radius 1 is 1.21 bits per heavy atom. The summed E-state index contributed by atoms with van der Waals surface area (Å²) in [6.07, 6.45) is 2.94. The molecule has 2 N–H and O–H groups in total. The smallest absolute Gasteiger partial charge is 0.243 e. The zero-order valence-corrected chi connectivity index (χ0v) is 11.1. The quantitative estimate of drug-likeness (QED) is 0.746. The van der Waals surface area contributed by atoms with Crippen molar-refractivity contribution in [3.05, 3.63) is 29.8 Å². The molecular weight excluding hydrogens is 274 g/mol. The van der Waals surface area contributed by atoms with E-state index in [4.69, 9.17) is 0 Å². The van der Waals surface area contributed by atoms with Gasteiger partial charge in [-0.3, -0.25) is 0 Å². The fraction of sp³-hybridized carbons (Fsp3) is 0.500. The second-order valence-electron chi connectivity index (χ2n) is 4.55. The zero-order valence-electron chi connectivity index (χ0n) is 10.3. The first-order chi connectivity index (χ1) is 8.99. The Labute approximate surface area is 111 Å². The van der Waals surface area contributed by atoms with Crippen LogP contribution in [0.3, 0.4) is 0 Å². The summed E-state index contributed by atoms with van der Waals surface area (Å²) in [6.45, 7) is 0.900. The predicted octanol–water partition coefficient (Wildman–Crippen LogP) is 1.39. The molecule has 1 aliphatic rings. The van der Waals surface area contributed by atoms with E-state index in [1.807, 2.05) is 0 Å². The highest BCUT2D eigenvalue weighted by Crippen LogP contribution is 2.18. The molecule has 4 nitrogen and oxygen atoms in total. The fourth-order valence-electron chi connectivity index (χ4n) is 1.65. The van der Waals surface area contributed by atoms with Crippen molar-refractivity contribution in [2.45, 2.75) is 30.2 Å². The predicted molar refractivity (Wildman–Crippen MR) is 67.2 cm³/mol. The Hall–Kier alpha value is -1.05. The van der Waals surface area contributed by atoms with Gasteiger partial charge < -0.3 is 5.32 Å². The lowest BCUT2D eigenvalue weighted by Crippen LogP contribution is -2.28. The Kier molecular flexibility index (Phi) is 4.49. The van der Waals surface area contributed by atoms with E-state index in [1.165, 1.54) is 12.8 Å². The molecule has 1 aromatic carbocycles. The first kappa shape index (κ1) is 14.4. The lowest BCUT2D eigenvalue weighted by Gasteiger charge is -2.08. The van der Waals surface area contributed by atoms with E-state index in [0.29, 0.717) is 25.1 Å². The molecule has 0 radical (unpaired) electrons. The molecule has 1 fully saturated rings. The van der Waals surface area contributed by atoms with E-state index in [-0.39, 0.29) is 6.54 Å². The average molecular weight is 290 g/mol. The molecule has 7 heteroatoms. The summed E-state index contributed by atoms with van der Waals surface area (Å²) in [6, 6.07) is 2.93. The van der Waals surface area contributed by atoms with Crippen LogP contribution < -0.4 is 10.0 Å². The van der Waals surface area contributed by atoms with Crippen LogP contribution >= 0.6 is 0 Å². The van der Waals surface area contributed by atoms with Crippen LogP contribution in [-0.2, 0) is 10.0 Å². The minimum atomic E-state index is -3.99. The molecule has 0 aliphatic heterocycles. The molecule has 0 amide bonds. The Morgan fingerprint density at radius 2 is 1.95 bits per heavy atom. The van der Waals surface area contributed by atoms with Crippen molar-refractivity contribution < 1.29 is 17.2 Å². The van der Waals surface area contributed by atoms with Gasteiger partial charge in [-0.1, -0.05) is 0 Å². The molecule has 0 atom stereocenters. The molecule has 19 heavy (non-hydrogen) atoms. The molecule has 0 aromatic heterocycles. The fourth-order valence-corrected chi connectivity index (χ4v) is 2.81. The van der Waals surface area contributed by atoms with Crippen molar-refractivity contribution in [3.63, 3.8) is 0 Å². The third-order valence-corrected chi connectivity index (χ3v) is 4.31. The highest BCUT2D eigenvalue weighted by Gasteiger charge is 2.21. The van der Waals surface area contributed by atoms with Gasteiger partial charge in [0, 0.05) is 12.6 Å². The molecule has 0 bridgehead atoms. The van der Waals surface area contributed by atoms with E-state index in [2.05, 4.69) is 10.0 Å². The normalized spacial score (nSPS) is 15.7. The maximum atomic E-state index is 13.4. The minimum absolute atomic E-state index is 0.192. The summed E-state index contributed by atoms with van der Waals surface area (Å²) in [7, 11) is -3.99. The van der Waals surface area contributed by atoms with E-state index in [1.54, 1.807) is 0 Å². The molecule has 1 aromatic rings. The molecule has 106 valence electrons. The van der Waals surface area contributed by atoms with Crippen LogP contribution in [-0.4, -0.2) is 27.5 Å². The standard InChI is InChI=1S/C12H16F2N2O2S/c13-9-2-5-11(14)12(8-9)19(17,18)16-7-1-6-15-10-3-4-10/h2,5,8,10,15-16H,1,3-4,6-7H2. The highest BCUT2D eigenvalue weighted by atomic mass is 32.2. The molecule has 2 rings (SSSR count). The van der Waals surface area contributed by atoms with Gasteiger partial charge in [0.1, 0.15) is 16.5 Å². The summed E-state index contributed by atoms with van der Waals surface area (Å²) >= 11 is 0. The summed E-state index contributed by atoms with van der Waals surface area (Å²) in [4.78, 5) is -0.650. The lowest BCUT2D eigenvalue weighted by molar-refractivity contribution is 0.543. The monoisotopic (exact) mass is 290 g/mol. The maximum absolute atomic E-state index is 13.4. The summed E-state index contributed by atoms with van der Waals surface area (Å²) < 4.78 is 52.1. The number of hydrogen-bond donors (Lipinski definition) is 2. The number of sulfonamides is 1. The molecule has 1 aliphatic carbocycles. The van der Waals surface area contributed by atoms with Crippen LogP contribution in [0.5, 0.6) is 0 Å². The van der Waals surface area contributed by atoms with Crippen LogP contribution in [0.2, 0.25) is 0 Å². The molecular formula is C12H16F2N2O2S. The summed E-state index contributed by atoms with van der Waals surface area (Å²) in [5.41, 5.74) is 0. The van der Waals surface area contributed by atoms with Crippen LogP contribution in [0, 0.1) is 11.6 Å². The van der Waals surface area contributed by atoms with Gasteiger partial charge >= 0.3 is 0 Å². The van der Waals surface area contributed by atoms with Crippen LogP contribution in [0.1, 0.15) is 19.3 Å². The van der Waals surface area contributed by atoms with Gasteiger partial charge in [-0.05, 0) is 44.0 Å². The van der Waals surface area contributed by atoms with Crippen LogP contribution in [0.15, 0.2) is 23.1 Å². The van der Waals surface area contributed by atoms with Gasteiger partial charge in [-0.2, -0.15) is 0 Å². The van der Waals surface area contributed by atoms with Crippen molar-refractivity contribution in [2.24, 2.45) is 0 Å². The molecule has 0 unspecified atom stereocenters. The zero-order chi connectivity index (χ0) is 13.9. The second kappa shape index (κ2) is 5.94. The van der Waals surface area contributed by atoms with Crippen LogP contribution in [0.25, 0.3) is 0 Å². The number of nitrogens with one attached hydrogen (secondary N) is 2. The van der Waals surface area contributed by atoms with E-state index < -0.39 is 26.6 Å².